The van der Waals surface area contributed by atoms with Gasteiger partial charge >= 0.3 is 0 Å². The van der Waals surface area contributed by atoms with Gasteiger partial charge in [-0.05, 0) is 49.2 Å². The molecule has 2 aromatic rings. The minimum absolute atomic E-state index is 0.199. The van der Waals surface area contributed by atoms with Crippen molar-refractivity contribution < 1.29 is 4.74 Å². The smallest absolute Gasteiger partial charge is 0.122 e. The molecule has 1 aromatic heterocycles. The first-order chi connectivity index (χ1) is 9.28. The lowest BCUT2D eigenvalue weighted by Gasteiger charge is -2.21. The molecule has 3 rings (SSSR count). The Kier molecular flexibility index (Phi) is 3.78. The van der Waals surface area contributed by atoms with Gasteiger partial charge in [-0.1, -0.05) is 23.7 Å². The Morgan fingerprint density at radius 3 is 2.95 bits per heavy atom. The molecule has 0 fully saturated rings. The van der Waals surface area contributed by atoms with Crippen LogP contribution in [0.15, 0.2) is 30.3 Å². The first-order valence-corrected chi connectivity index (χ1v) is 7.65. The third-order valence-electron chi connectivity index (χ3n) is 3.43. The summed E-state index contributed by atoms with van der Waals surface area (Å²) < 4.78 is 6.49. The molecule has 19 heavy (non-hydrogen) atoms. The number of rotatable bonds is 3. The Morgan fingerprint density at radius 1 is 1.32 bits per heavy atom. The molecule has 100 valence electrons. The zero-order chi connectivity index (χ0) is 13.2. The van der Waals surface area contributed by atoms with Crippen molar-refractivity contribution in [2.24, 2.45) is 0 Å². The first kappa shape index (κ1) is 13.0. The molecule has 1 aliphatic heterocycles. The third-order valence-corrected chi connectivity index (χ3v) is 4.73. The van der Waals surface area contributed by atoms with Crippen LogP contribution in [-0.4, -0.2) is 13.7 Å². The number of hydrogen-bond donors (Lipinski definition) is 1. The van der Waals surface area contributed by atoms with Crippen molar-refractivity contribution in [2.45, 2.75) is 18.9 Å². The molecule has 0 saturated heterocycles. The SMILES string of the molecule is CNC(c1ccc2c(c1)CCCO2)c1ccc(Cl)s1. The summed E-state index contributed by atoms with van der Waals surface area (Å²) in [4.78, 5) is 1.24. The van der Waals surface area contributed by atoms with Crippen molar-refractivity contribution in [3.8, 4) is 5.75 Å². The van der Waals surface area contributed by atoms with E-state index in [2.05, 4.69) is 29.6 Å². The van der Waals surface area contributed by atoms with E-state index in [1.165, 1.54) is 16.0 Å². The average Bonchev–Trinajstić information content (AvgIpc) is 2.86. The van der Waals surface area contributed by atoms with Crippen LogP contribution >= 0.6 is 22.9 Å². The van der Waals surface area contributed by atoms with Crippen LogP contribution in [0.1, 0.15) is 28.5 Å². The number of nitrogens with one attached hydrogen (secondary N) is 1. The maximum atomic E-state index is 6.04. The van der Waals surface area contributed by atoms with Crippen molar-refractivity contribution in [3.05, 3.63) is 50.7 Å². The standard InChI is InChI=1S/C15H16ClNOS/c1-17-15(13-6-7-14(16)19-13)11-4-5-12-10(9-11)3-2-8-18-12/h4-7,9,15,17H,2-3,8H2,1H3. The number of halogens is 1. The molecule has 0 spiro atoms. The van der Waals surface area contributed by atoms with Gasteiger partial charge in [-0.25, -0.2) is 0 Å². The predicted octanol–water partition coefficient (Wildman–Crippen LogP) is 4.04. The lowest BCUT2D eigenvalue weighted by molar-refractivity contribution is 0.288. The molecule has 1 aliphatic rings. The fourth-order valence-electron chi connectivity index (χ4n) is 2.52. The quantitative estimate of drug-likeness (QED) is 0.922. The van der Waals surface area contributed by atoms with E-state index in [1.54, 1.807) is 11.3 Å². The van der Waals surface area contributed by atoms with Gasteiger partial charge in [0.05, 0.1) is 17.0 Å². The van der Waals surface area contributed by atoms with Gasteiger partial charge in [-0.2, -0.15) is 0 Å². The zero-order valence-electron chi connectivity index (χ0n) is 10.8. The maximum absolute atomic E-state index is 6.04. The van der Waals surface area contributed by atoms with Crippen LogP contribution in [0.2, 0.25) is 4.34 Å². The summed E-state index contributed by atoms with van der Waals surface area (Å²) in [6.07, 6.45) is 2.20. The average molecular weight is 294 g/mol. The molecular weight excluding hydrogens is 278 g/mol. The number of benzene rings is 1. The van der Waals surface area contributed by atoms with E-state index in [0.29, 0.717) is 0 Å². The van der Waals surface area contributed by atoms with E-state index >= 15 is 0 Å². The van der Waals surface area contributed by atoms with E-state index < -0.39 is 0 Å². The maximum Gasteiger partial charge on any atom is 0.122 e. The molecule has 0 amide bonds. The Morgan fingerprint density at radius 2 is 2.21 bits per heavy atom. The highest BCUT2D eigenvalue weighted by atomic mass is 35.5. The van der Waals surface area contributed by atoms with E-state index in [9.17, 15) is 0 Å². The lowest BCUT2D eigenvalue weighted by atomic mass is 9.98. The molecule has 0 bridgehead atoms. The van der Waals surface area contributed by atoms with Crippen molar-refractivity contribution in [1.82, 2.24) is 5.32 Å². The Bertz CT molecular complexity index is 581. The van der Waals surface area contributed by atoms with Gasteiger partial charge in [0.1, 0.15) is 5.75 Å². The third kappa shape index (κ3) is 2.64. The van der Waals surface area contributed by atoms with Crippen LogP contribution in [0, 0.1) is 0 Å². The van der Waals surface area contributed by atoms with Crippen LogP contribution in [0.4, 0.5) is 0 Å². The highest BCUT2D eigenvalue weighted by molar-refractivity contribution is 7.16. The van der Waals surface area contributed by atoms with Gasteiger partial charge in [0.25, 0.3) is 0 Å². The Hall–Kier alpha value is -1.03. The van der Waals surface area contributed by atoms with Crippen molar-refractivity contribution in [1.29, 1.82) is 0 Å². The molecule has 0 saturated carbocycles. The molecule has 2 nitrogen and oxygen atoms in total. The van der Waals surface area contributed by atoms with Crippen molar-refractivity contribution in [2.75, 3.05) is 13.7 Å². The second kappa shape index (κ2) is 5.53. The first-order valence-electron chi connectivity index (χ1n) is 6.46. The van der Waals surface area contributed by atoms with Crippen LogP contribution in [0.5, 0.6) is 5.75 Å². The van der Waals surface area contributed by atoms with Crippen LogP contribution in [0.3, 0.4) is 0 Å². The molecule has 0 aliphatic carbocycles. The number of fused-ring (bicyclic) bond motifs is 1. The molecule has 1 N–H and O–H groups in total. The molecule has 1 aromatic carbocycles. The Balaban J connectivity index is 1.95. The zero-order valence-corrected chi connectivity index (χ0v) is 12.4. The lowest BCUT2D eigenvalue weighted by Crippen LogP contribution is -2.17. The van der Waals surface area contributed by atoms with Gasteiger partial charge in [-0.15, -0.1) is 11.3 Å². The molecule has 1 unspecified atom stereocenters. The van der Waals surface area contributed by atoms with Gasteiger partial charge < -0.3 is 10.1 Å². The summed E-state index contributed by atoms with van der Waals surface area (Å²) in [6.45, 7) is 0.836. The normalized spacial score (nSPS) is 15.7. The number of ether oxygens (including phenoxy) is 1. The Labute approximate surface area is 122 Å². The highest BCUT2D eigenvalue weighted by Crippen LogP contribution is 2.34. The number of thiophene rings is 1. The van der Waals surface area contributed by atoms with E-state index in [4.69, 9.17) is 16.3 Å². The summed E-state index contributed by atoms with van der Waals surface area (Å²) in [5, 5.41) is 3.37. The highest BCUT2D eigenvalue weighted by Gasteiger charge is 2.17. The molecular formula is C15H16ClNOS. The van der Waals surface area contributed by atoms with Gasteiger partial charge in [0.15, 0.2) is 0 Å². The van der Waals surface area contributed by atoms with Crippen LogP contribution in [-0.2, 0) is 6.42 Å². The molecule has 4 heteroatoms. The van der Waals surface area contributed by atoms with E-state index in [-0.39, 0.29) is 6.04 Å². The van der Waals surface area contributed by atoms with Gasteiger partial charge in [0.2, 0.25) is 0 Å². The molecule has 2 heterocycles. The second-order valence-electron chi connectivity index (χ2n) is 4.68. The fourth-order valence-corrected chi connectivity index (χ4v) is 3.72. The summed E-state index contributed by atoms with van der Waals surface area (Å²) in [5.74, 6) is 1.04. The summed E-state index contributed by atoms with van der Waals surface area (Å²) in [6, 6.07) is 10.7. The van der Waals surface area contributed by atoms with Crippen molar-refractivity contribution >= 4 is 22.9 Å². The van der Waals surface area contributed by atoms with Crippen LogP contribution in [0.25, 0.3) is 0 Å². The minimum Gasteiger partial charge on any atom is -0.493 e. The summed E-state index contributed by atoms with van der Waals surface area (Å²) in [7, 11) is 1.98. The molecule has 0 radical (unpaired) electrons. The molecule has 1 atom stereocenters. The van der Waals surface area contributed by atoms with Gasteiger partial charge in [0, 0.05) is 4.88 Å². The van der Waals surface area contributed by atoms with E-state index in [0.717, 1.165) is 29.5 Å². The second-order valence-corrected chi connectivity index (χ2v) is 6.43. The van der Waals surface area contributed by atoms with E-state index in [1.807, 2.05) is 13.1 Å². The monoisotopic (exact) mass is 293 g/mol. The van der Waals surface area contributed by atoms with Crippen LogP contribution < -0.4 is 10.1 Å². The number of hydrogen-bond acceptors (Lipinski definition) is 3. The topological polar surface area (TPSA) is 21.3 Å². The largest absolute Gasteiger partial charge is 0.493 e. The summed E-state index contributed by atoms with van der Waals surface area (Å²) >= 11 is 7.66. The number of aryl methyl sites for hydroxylation is 1. The summed E-state index contributed by atoms with van der Waals surface area (Å²) in [5.41, 5.74) is 2.58. The predicted molar refractivity (Wildman–Crippen MR) is 80.5 cm³/mol. The van der Waals surface area contributed by atoms with Gasteiger partial charge in [-0.3, -0.25) is 0 Å². The van der Waals surface area contributed by atoms with Crippen molar-refractivity contribution in [3.63, 3.8) is 0 Å². The minimum atomic E-state index is 0.199. The fraction of sp³-hybridized carbons (Fsp3) is 0.333.